The fraction of sp³-hybridized carbons (Fsp3) is 0.364. The van der Waals surface area contributed by atoms with Crippen LogP contribution in [-0.4, -0.2) is 43.0 Å². The summed E-state index contributed by atoms with van der Waals surface area (Å²) < 4.78 is 11.5. The molecule has 2 heterocycles. The van der Waals surface area contributed by atoms with Gasteiger partial charge in [0.1, 0.15) is 0 Å². The highest BCUT2D eigenvalue weighted by Crippen LogP contribution is 2.37. The van der Waals surface area contributed by atoms with Crippen molar-refractivity contribution in [2.45, 2.75) is 25.3 Å². The fourth-order valence-corrected chi connectivity index (χ4v) is 3.88. The van der Waals surface area contributed by atoms with Gasteiger partial charge in [0.05, 0.1) is 19.8 Å². The first-order valence-electron chi connectivity index (χ1n) is 9.93. The largest absolute Gasteiger partial charge is 0.490 e. The number of hydrogen-bond donors (Lipinski definition) is 2. The first kappa shape index (κ1) is 19.3. The van der Waals surface area contributed by atoms with Crippen molar-refractivity contribution in [3.05, 3.63) is 53.6 Å². The van der Waals surface area contributed by atoms with Gasteiger partial charge >= 0.3 is 0 Å². The van der Waals surface area contributed by atoms with Gasteiger partial charge in [-0.25, -0.2) is 0 Å². The maximum absolute atomic E-state index is 12.6. The second kappa shape index (κ2) is 8.53. The van der Waals surface area contributed by atoms with Crippen molar-refractivity contribution in [3.63, 3.8) is 0 Å². The van der Waals surface area contributed by atoms with Crippen molar-refractivity contribution in [1.82, 2.24) is 4.90 Å². The van der Waals surface area contributed by atoms with E-state index in [-0.39, 0.29) is 11.9 Å². The van der Waals surface area contributed by atoms with Gasteiger partial charge in [0.2, 0.25) is 11.8 Å². The Morgan fingerprint density at radius 3 is 2.55 bits per heavy atom. The summed E-state index contributed by atoms with van der Waals surface area (Å²) in [4.78, 5) is 25.9. The lowest BCUT2D eigenvalue weighted by molar-refractivity contribution is -0.117. The molecular weight excluding hydrogens is 370 g/mol. The van der Waals surface area contributed by atoms with Crippen LogP contribution in [0.5, 0.6) is 11.5 Å². The van der Waals surface area contributed by atoms with Crippen LogP contribution < -0.4 is 20.5 Å². The van der Waals surface area contributed by atoms with Gasteiger partial charge in [-0.05, 0) is 61.3 Å². The van der Waals surface area contributed by atoms with Gasteiger partial charge in [-0.2, -0.15) is 0 Å². The second-order valence-electron chi connectivity index (χ2n) is 7.37. The Hall–Kier alpha value is -3.06. The summed E-state index contributed by atoms with van der Waals surface area (Å²) in [7, 11) is 0. The number of nitrogens with one attached hydrogen (secondary N) is 1. The van der Waals surface area contributed by atoms with Gasteiger partial charge in [-0.3, -0.25) is 14.5 Å². The predicted molar refractivity (Wildman–Crippen MR) is 109 cm³/mol. The molecule has 0 spiro atoms. The fourth-order valence-electron chi connectivity index (χ4n) is 3.88. The van der Waals surface area contributed by atoms with Crippen LogP contribution in [-0.2, 0) is 4.79 Å². The van der Waals surface area contributed by atoms with Gasteiger partial charge in [0.15, 0.2) is 11.5 Å². The molecule has 29 heavy (non-hydrogen) atoms. The first-order chi connectivity index (χ1) is 14.1. The van der Waals surface area contributed by atoms with E-state index < -0.39 is 5.91 Å². The number of anilines is 1. The maximum Gasteiger partial charge on any atom is 0.248 e. The van der Waals surface area contributed by atoms with E-state index in [9.17, 15) is 9.59 Å². The monoisotopic (exact) mass is 395 g/mol. The number of amides is 2. The number of nitrogens with zero attached hydrogens (tertiary/aromatic N) is 1. The minimum absolute atomic E-state index is 0.0851. The number of rotatable bonds is 5. The van der Waals surface area contributed by atoms with E-state index in [1.54, 1.807) is 24.3 Å². The number of nitrogens with two attached hydrogens (primary N) is 1. The summed E-state index contributed by atoms with van der Waals surface area (Å²) in [6.45, 7) is 2.49. The smallest absolute Gasteiger partial charge is 0.248 e. The van der Waals surface area contributed by atoms with Crippen LogP contribution in [0.2, 0.25) is 0 Å². The normalized spacial score (nSPS) is 18.8. The summed E-state index contributed by atoms with van der Waals surface area (Å²) in [5, 5.41) is 2.89. The molecule has 2 aromatic rings. The molecule has 0 aliphatic carbocycles. The van der Waals surface area contributed by atoms with Crippen molar-refractivity contribution in [2.24, 2.45) is 5.73 Å². The van der Waals surface area contributed by atoms with E-state index >= 15 is 0 Å². The predicted octanol–water partition coefficient (Wildman–Crippen LogP) is 2.72. The molecule has 152 valence electrons. The second-order valence-corrected chi connectivity index (χ2v) is 7.37. The third-order valence-corrected chi connectivity index (χ3v) is 5.32. The number of hydrogen-bond acceptors (Lipinski definition) is 5. The standard InChI is InChI=1S/C22H25N3O4/c23-22(27)15-4-7-17(8-5-15)24-21(26)14-25-10-1-3-18(25)16-6-9-19-20(13-16)29-12-2-11-28-19/h4-9,13,18H,1-3,10-12,14H2,(H2,23,27)(H,24,26). The van der Waals surface area contributed by atoms with Crippen LogP contribution in [0.15, 0.2) is 42.5 Å². The molecule has 3 N–H and O–H groups in total. The molecule has 1 saturated heterocycles. The quantitative estimate of drug-likeness (QED) is 0.812. The van der Waals surface area contributed by atoms with Crippen LogP contribution in [0, 0.1) is 0 Å². The number of benzene rings is 2. The van der Waals surface area contributed by atoms with E-state index in [1.165, 1.54) is 0 Å². The van der Waals surface area contributed by atoms with Gasteiger partial charge in [0, 0.05) is 23.7 Å². The van der Waals surface area contributed by atoms with E-state index in [0.29, 0.717) is 31.0 Å². The molecule has 2 amide bonds. The Balaban J connectivity index is 1.41. The topological polar surface area (TPSA) is 93.9 Å². The van der Waals surface area contributed by atoms with Crippen molar-refractivity contribution in [1.29, 1.82) is 0 Å². The van der Waals surface area contributed by atoms with Crippen molar-refractivity contribution in [2.75, 3.05) is 31.6 Å². The third-order valence-electron chi connectivity index (χ3n) is 5.32. The molecule has 0 saturated carbocycles. The zero-order chi connectivity index (χ0) is 20.2. The Kier molecular flexibility index (Phi) is 5.67. The minimum Gasteiger partial charge on any atom is -0.490 e. The average Bonchev–Trinajstić information content (AvgIpc) is 3.03. The summed E-state index contributed by atoms with van der Waals surface area (Å²) in [6.07, 6.45) is 2.92. The molecule has 2 aromatic carbocycles. The lowest BCUT2D eigenvalue weighted by atomic mass is 10.0. The Bertz CT molecular complexity index is 897. The van der Waals surface area contributed by atoms with E-state index in [4.69, 9.17) is 15.2 Å². The van der Waals surface area contributed by atoms with Crippen LogP contribution in [0.3, 0.4) is 0 Å². The number of likely N-dealkylation sites (tertiary alicyclic amines) is 1. The Morgan fingerprint density at radius 1 is 1.03 bits per heavy atom. The number of ether oxygens (including phenoxy) is 2. The molecule has 7 heteroatoms. The van der Waals surface area contributed by atoms with E-state index in [2.05, 4.69) is 16.3 Å². The summed E-state index contributed by atoms with van der Waals surface area (Å²) in [5.74, 6) is 0.995. The van der Waals surface area contributed by atoms with Gasteiger partial charge in [0.25, 0.3) is 0 Å². The van der Waals surface area contributed by atoms with Crippen molar-refractivity contribution >= 4 is 17.5 Å². The zero-order valence-corrected chi connectivity index (χ0v) is 16.2. The molecule has 1 fully saturated rings. The number of carbonyl (C=O) groups excluding carboxylic acids is 2. The number of primary amides is 1. The molecule has 1 atom stereocenters. The highest BCUT2D eigenvalue weighted by Gasteiger charge is 2.28. The van der Waals surface area contributed by atoms with Crippen LogP contribution >= 0.6 is 0 Å². The lowest BCUT2D eigenvalue weighted by Gasteiger charge is -2.25. The molecule has 0 bridgehead atoms. The molecule has 0 aromatic heterocycles. The van der Waals surface area contributed by atoms with Crippen LogP contribution in [0.4, 0.5) is 5.69 Å². The highest BCUT2D eigenvalue weighted by atomic mass is 16.5. The van der Waals surface area contributed by atoms with Gasteiger partial charge in [-0.1, -0.05) is 6.07 Å². The van der Waals surface area contributed by atoms with Crippen LogP contribution in [0.25, 0.3) is 0 Å². The van der Waals surface area contributed by atoms with E-state index in [0.717, 1.165) is 42.9 Å². The first-order valence-corrected chi connectivity index (χ1v) is 9.93. The molecule has 2 aliphatic rings. The van der Waals surface area contributed by atoms with Gasteiger partial charge in [-0.15, -0.1) is 0 Å². The van der Waals surface area contributed by atoms with E-state index in [1.807, 2.05) is 12.1 Å². The average molecular weight is 395 g/mol. The molecule has 4 rings (SSSR count). The highest BCUT2D eigenvalue weighted by molar-refractivity contribution is 5.95. The molecule has 2 aliphatic heterocycles. The van der Waals surface area contributed by atoms with Crippen LogP contribution in [0.1, 0.15) is 41.2 Å². The SMILES string of the molecule is NC(=O)c1ccc(NC(=O)CN2CCCC2c2ccc3c(c2)OCCCO3)cc1. The van der Waals surface area contributed by atoms with Crippen molar-refractivity contribution < 1.29 is 19.1 Å². The summed E-state index contributed by atoms with van der Waals surface area (Å²) in [6, 6.07) is 12.8. The van der Waals surface area contributed by atoms with Crippen molar-refractivity contribution in [3.8, 4) is 11.5 Å². The molecule has 7 nitrogen and oxygen atoms in total. The zero-order valence-electron chi connectivity index (χ0n) is 16.2. The Morgan fingerprint density at radius 2 is 1.79 bits per heavy atom. The van der Waals surface area contributed by atoms with Gasteiger partial charge < -0.3 is 20.5 Å². The maximum atomic E-state index is 12.6. The minimum atomic E-state index is -0.488. The molecular formula is C22H25N3O4. The summed E-state index contributed by atoms with van der Waals surface area (Å²) in [5.41, 5.74) is 7.45. The summed E-state index contributed by atoms with van der Waals surface area (Å²) >= 11 is 0. The number of fused-ring (bicyclic) bond motifs is 1. The molecule has 1 unspecified atom stereocenters. The lowest BCUT2D eigenvalue weighted by Crippen LogP contribution is -2.33. The third kappa shape index (κ3) is 4.51. The Labute approximate surface area is 169 Å². The molecule has 0 radical (unpaired) electrons. The number of carbonyl (C=O) groups is 2.